The molecule has 0 aromatic heterocycles. The molecular formula is C12H17NO3. The number of ether oxygens (including phenoxy) is 1. The van der Waals surface area contributed by atoms with Gasteiger partial charge in [-0.15, -0.1) is 0 Å². The monoisotopic (exact) mass is 223 g/mol. The summed E-state index contributed by atoms with van der Waals surface area (Å²) in [6.07, 6.45) is 1.25. The zero-order chi connectivity index (χ0) is 12.3. The fraction of sp³-hybridized carbons (Fsp3) is 0.417. The van der Waals surface area contributed by atoms with Crippen molar-refractivity contribution in [2.24, 2.45) is 5.73 Å². The fourth-order valence-electron chi connectivity index (χ4n) is 1.54. The van der Waals surface area contributed by atoms with Crippen molar-refractivity contribution >= 4 is 6.29 Å². The van der Waals surface area contributed by atoms with Gasteiger partial charge in [-0.25, -0.2) is 0 Å². The van der Waals surface area contributed by atoms with E-state index in [-0.39, 0.29) is 5.75 Å². The Hall–Kier alpha value is -1.55. The van der Waals surface area contributed by atoms with Gasteiger partial charge in [0.05, 0.1) is 7.11 Å². The largest absolute Gasteiger partial charge is 0.504 e. The molecule has 0 saturated heterocycles. The molecule has 0 aliphatic carbocycles. The minimum atomic E-state index is -0.432. The number of nitrogens with two attached hydrogens (primary N) is 1. The lowest BCUT2D eigenvalue weighted by molar-refractivity contribution is 0.112. The molecule has 3 N–H and O–H groups in total. The summed E-state index contributed by atoms with van der Waals surface area (Å²) < 4.78 is 4.93. The van der Waals surface area contributed by atoms with Crippen LogP contribution >= 0.6 is 0 Å². The Morgan fingerprint density at radius 2 is 2.12 bits per heavy atom. The van der Waals surface area contributed by atoms with E-state index < -0.39 is 5.54 Å². The van der Waals surface area contributed by atoms with Gasteiger partial charge in [0.2, 0.25) is 0 Å². The van der Waals surface area contributed by atoms with Crippen LogP contribution in [0.4, 0.5) is 0 Å². The van der Waals surface area contributed by atoms with E-state index >= 15 is 0 Å². The highest BCUT2D eigenvalue weighted by Gasteiger charge is 2.16. The van der Waals surface area contributed by atoms with Crippen LogP contribution in [0.25, 0.3) is 0 Å². The molecule has 1 aromatic carbocycles. The molecule has 0 aliphatic rings. The first kappa shape index (κ1) is 12.5. The zero-order valence-corrected chi connectivity index (χ0v) is 9.78. The second-order valence-electron chi connectivity index (χ2n) is 4.51. The van der Waals surface area contributed by atoms with Gasteiger partial charge in [-0.3, -0.25) is 4.79 Å². The Bertz CT molecular complexity index is 394. The predicted molar refractivity (Wildman–Crippen MR) is 62.0 cm³/mol. The summed E-state index contributed by atoms with van der Waals surface area (Å²) >= 11 is 0. The highest BCUT2D eigenvalue weighted by molar-refractivity contribution is 5.79. The van der Waals surface area contributed by atoms with Crippen molar-refractivity contribution in [2.45, 2.75) is 25.8 Å². The van der Waals surface area contributed by atoms with Gasteiger partial charge >= 0.3 is 0 Å². The molecule has 0 fully saturated rings. The average molecular weight is 223 g/mol. The first-order valence-corrected chi connectivity index (χ1v) is 5.01. The van der Waals surface area contributed by atoms with E-state index in [9.17, 15) is 9.90 Å². The number of aromatic hydroxyl groups is 1. The molecule has 0 aliphatic heterocycles. The van der Waals surface area contributed by atoms with Gasteiger partial charge in [-0.1, -0.05) is 0 Å². The molecule has 0 bridgehead atoms. The number of rotatable bonds is 4. The highest BCUT2D eigenvalue weighted by Crippen LogP contribution is 2.30. The smallest absolute Gasteiger partial charge is 0.161 e. The Morgan fingerprint density at radius 3 is 2.56 bits per heavy atom. The van der Waals surface area contributed by atoms with Crippen molar-refractivity contribution < 1.29 is 14.6 Å². The Balaban J connectivity index is 3.18. The number of aldehydes is 1. The molecule has 16 heavy (non-hydrogen) atoms. The number of hydrogen-bond donors (Lipinski definition) is 2. The van der Waals surface area contributed by atoms with Gasteiger partial charge in [-0.2, -0.15) is 0 Å². The number of phenols is 1. The summed E-state index contributed by atoms with van der Waals surface area (Å²) in [5, 5.41) is 9.63. The van der Waals surface area contributed by atoms with Gasteiger partial charge in [0, 0.05) is 11.1 Å². The molecule has 1 rings (SSSR count). The normalized spacial score (nSPS) is 11.2. The lowest BCUT2D eigenvalue weighted by atomic mass is 9.93. The Morgan fingerprint density at radius 1 is 1.50 bits per heavy atom. The number of methoxy groups -OCH3 is 1. The van der Waals surface area contributed by atoms with Crippen molar-refractivity contribution in [3.8, 4) is 11.5 Å². The van der Waals surface area contributed by atoms with E-state index in [1.165, 1.54) is 19.2 Å². The quantitative estimate of drug-likeness (QED) is 0.758. The second kappa shape index (κ2) is 4.53. The van der Waals surface area contributed by atoms with Gasteiger partial charge in [-0.05, 0) is 38.0 Å². The van der Waals surface area contributed by atoms with Gasteiger partial charge in [0.1, 0.15) is 6.29 Å². The fourth-order valence-corrected chi connectivity index (χ4v) is 1.54. The topological polar surface area (TPSA) is 72.5 Å². The summed E-state index contributed by atoms with van der Waals surface area (Å²) in [6.45, 7) is 3.73. The van der Waals surface area contributed by atoms with Crippen molar-refractivity contribution in [3.63, 3.8) is 0 Å². The third-order valence-electron chi connectivity index (χ3n) is 2.21. The Kier molecular flexibility index (Phi) is 3.55. The molecule has 88 valence electrons. The molecule has 4 nitrogen and oxygen atoms in total. The average Bonchev–Trinajstić information content (AvgIpc) is 2.16. The molecule has 4 heteroatoms. The molecule has 0 atom stereocenters. The van der Waals surface area contributed by atoms with Crippen molar-refractivity contribution in [2.75, 3.05) is 7.11 Å². The van der Waals surface area contributed by atoms with Gasteiger partial charge < -0.3 is 15.6 Å². The highest BCUT2D eigenvalue weighted by atomic mass is 16.5. The molecule has 0 spiro atoms. The van der Waals surface area contributed by atoms with Crippen LogP contribution in [0.15, 0.2) is 12.1 Å². The van der Waals surface area contributed by atoms with Crippen LogP contribution in [0.3, 0.4) is 0 Å². The first-order valence-electron chi connectivity index (χ1n) is 5.01. The van der Waals surface area contributed by atoms with Crippen LogP contribution in [-0.4, -0.2) is 24.0 Å². The zero-order valence-electron chi connectivity index (χ0n) is 9.78. The van der Waals surface area contributed by atoms with E-state index in [4.69, 9.17) is 10.5 Å². The van der Waals surface area contributed by atoms with E-state index in [2.05, 4.69) is 0 Å². The summed E-state index contributed by atoms with van der Waals surface area (Å²) in [4.78, 5) is 10.9. The maximum atomic E-state index is 10.9. The molecule has 0 heterocycles. The van der Waals surface area contributed by atoms with Crippen LogP contribution < -0.4 is 10.5 Å². The molecule has 0 saturated carbocycles. The molecule has 0 amide bonds. The standard InChI is InChI=1S/C12H17NO3/c1-12(2,13)6-8-4-10(15)11(16-3)5-9(8)7-14/h4-5,7,15H,6,13H2,1-3H3. The number of carbonyl (C=O) groups excluding carboxylic acids is 1. The molecule has 0 unspecified atom stereocenters. The van der Waals surface area contributed by atoms with Gasteiger partial charge in [0.15, 0.2) is 11.5 Å². The molecule has 1 aromatic rings. The van der Waals surface area contributed by atoms with E-state index in [0.717, 1.165) is 11.8 Å². The summed E-state index contributed by atoms with van der Waals surface area (Å²) in [5.41, 5.74) is 6.67. The van der Waals surface area contributed by atoms with Crippen LogP contribution in [0.1, 0.15) is 29.8 Å². The molecular weight excluding hydrogens is 206 g/mol. The lowest BCUT2D eigenvalue weighted by Gasteiger charge is -2.20. The van der Waals surface area contributed by atoms with Gasteiger partial charge in [0.25, 0.3) is 0 Å². The van der Waals surface area contributed by atoms with Crippen molar-refractivity contribution in [3.05, 3.63) is 23.3 Å². The maximum Gasteiger partial charge on any atom is 0.161 e. The SMILES string of the molecule is COc1cc(C=O)c(CC(C)(C)N)cc1O. The minimum Gasteiger partial charge on any atom is -0.504 e. The van der Waals surface area contributed by atoms with Crippen LogP contribution in [0, 0.1) is 0 Å². The third-order valence-corrected chi connectivity index (χ3v) is 2.21. The van der Waals surface area contributed by atoms with E-state index in [1.807, 2.05) is 13.8 Å². The van der Waals surface area contributed by atoms with Crippen LogP contribution in [-0.2, 0) is 6.42 Å². The summed E-state index contributed by atoms with van der Waals surface area (Å²) in [7, 11) is 1.44. The van der Waals surface area contributed by atoms with E-state index in [1.54, 1.807) is 0 Å². The summed E-state index contributed by atoms with van der Waals surface area (Å²) in [6, 6.07) is 3.04. The number of hydrogen-bond acceptors (Lipinski definition) is 4. The van der Waals surface area contributed by atoms with Crippen LogP contribution in [0.5, 0.6) is 11.5 Å². The maximum absolute atomic E-state index is 10.9. The number of phenolic OH excluding ortho intramolecular Hbond substituents is 1. The van der Waals surface area contributed by atoms with Crippen molar-refractivity contribution in [1.29, 1.82) is 0 Å². The lowest BCUT2D eigenvalue weighted by Crippen LogP contribution is -2.34. The minimum absolute atomic E-state index is 0.0207. The third kappa shape index (κ3) is 2.97. The first-order chi connectivity index (χ1) is 7.37. The Labute approximate surface area is 95.0 Å². The van der Waals surface area contributed by atoms with Crippen molar-refractivity contribution in [1.82, 2.24) is 0 Å². The van der Waals surface area contributed by atoms with Crippen LogP contribution in [0.2, 0.25) is 0 Å². The number of benzene rings is 1. The molecule has 0 radical (unpaired) electrons. The predicted octanol–water partition coefficient (Wildman–Crippen LogP) is 1.49. The second-order valence-corrected chi connectivity index (χ2v) is 4.51. The number of carbonyl (C=O) groups is 1. The van der Waals surface area contributed by atoms with E-state index in [0.29, 0.717) is 17.7 Å². The summed E-state index contributed by atoms with van der Waals surface area (Å²) in [5.74, 6) is 0.313.